The fourth-order valence-corrected chi connectivity index (χ4v) is 3.25. The van der Waals surface area contributed by atoms with Gasteiger partial charge in [0.1, 0.15) is 6.61 Å². The molecule has 10 heteroatoms. The largest absolute Gasteiger partial charge is 0.459 e. The topological polar surface area (TPSA) is 169 Å². The van der Waals surface area contributed by atoms with Crippen LogP contribution in [0.15, 0.2) is 35.4 Å². The fourth-order valence-electron chi connectivity index (χ4n) is 3.25. The molecule has 0 aromatic heterocycles. The van der Waals surface area contributed by atoms with E-state index in [1.165, 1.54) is 0 Å². The van der Waals surface area contributed by atoms with Crippen LogP contribution < -0.4 is 5.73 Å². The summed E-state index contributed by atoms with van der Waals surface area (Å²) < 4.78 is 5.41. The number of nitrogens with two attached hydrogens (primary N) is 1. The van der Waals surface area contributed by atoms with Gasteiger partial charge >= 0.3 is 5.97 Å². The van der Waals surface area contributed by atoms with Crippen LogP contribution in [0.1, 0.15) is 32.8 Å². The standard InChI is InChI=1S/C17H23N5O3.N2/c1-16(2,3)22-10-13(20-21-19)9-17(22,14(18)23)15(24)25-11-12-7-5-4-6-8-12;1-2/h4-8,13H,9-11H2,1-3H3,(H2,18,23);/t13-,17+;/m1./s1. The first kappa shape index (κ1) is 21.9. The van der Waals surface area contributed by atoms with Crippen LogP contribution in [-0.2, 0) is 20.9 Å². The van der Waals surface area contributed by atoms with Crippen molar-refractivity contribution < 1.29 is 14.3 Å². The predicted octanol–water partition coefficient (Wildman–Crippen LogP) is 2.17. The van der Waals surface area contributed by atoms with Gasteiger partial charge in [-0.3, -0.25) is 9.69 Å². The number of hydrogen-bond acceptors (Lipinski definition) is 7. The lowest BCUT2D eigenvalue weighted by atomic mass is 9.90. The molecule has 144 valence electrons. The van der Waals surface area contributed by atoms with E-state index in [2.05, 4.69) is 10.0 Å². The Balaban J connectivity index is 0.00000176. The summed E-state index contributed by atoms with van der Waals surface area (Å²) in [6, 6.07) is 8.65. The highest BCUT2D eigenvalue weighted by molar-refractivity contribution is 6.07. The minimum absolute atomic E-state index is 0.0112. The van der Waals surface area contributed by atoms with Gasteiger partial charge in [-0.15, -0.1) is 0 Å². The molecule has 2 rings (SSSR count). The van der Waals surface area contributed by atoms with Crippen molar-refractivity contribution in [1.29, 1.82) is 10.8 Å². The summed E-state index contributed by atoms with van der Waals surface area (Å²) in [5, 5.41) is 15.7. The lowest BCUT2D eigenvalue weighted by Gasteiger charge is -2.42. The van der Waals surface area contributed by atoms with E-state index in [4.69, 9.17) is 26.8 Å². The molecular formula is C17H23N7O3. The molecule has 0 radical (unpaired) electrons. The summed E-state index contributed by atoms with van der Waals surface area (Å²) in [5.74, 6) is -1.51. The van der Waals surface area contributed by atoms with Gasteiger partial charge in [-0.25, -0.2) is 4.79 Å². The first-order valence-corrected chi connectivity index (χ1v) is 8.25. The van der Waals surface area contributed by atoms with Crippen molar-refractivity contribution in [2.75, 3.05) is 6.54 Å². The summed E-state index contributed by atoms with van der Waals surface area (Å²) in [6.07, 6.45) is 0.0112. The summed E-state index contributed by atoms with van der Waals surface area (Å²) in [5.41, 5.74) is 13.0. The van der Waals surface area contributed by atoms with Gasteiger partial charge in [0.25, 0.3) is 0 Å². The summed E-state index contributed by atoms with van der Waals surface area (Å²) in [4.78, 5) is 29.7. The van der Waals surface area contributed by atoms with Crippen LogP contribution in [0.3, 0.4) is 0 Å². The van der Waals surface area contributed by atoms with Crippen LogP contribution in [0, 0.1) is 10.8 Å². The maximum Gasteiger partial charge on any atom is 0.336 e. The number of rotatable bonds is 5. The highest BCUT2D eigenvalue weighted by Crippen LogP contribution is 2.38. The van der Waals surface area contributed by atoms with Gasteiger partial charge in [0, 0.05) is 27.8 Å². The van der Waals surface area contributed by atoms with Crippen molar-refractivity contribution in [1.82, 2.24) is 4.90 Å². The van der Waals surface area contributed by atoms with E-state index in [1.807, 2.05) is 51.1 Å². The van der Waals surface area contributed by atoms with Crippen molar-refractivity contribution in [3.63, 3.8) is 0 Å². The van der Waals surface area contributed by atoms with Crippen molar-refractivity contribution in [2.24, 2.45) is 10.8 Å². The molecule has 1 amide bonds. The molecule has 0 aliphatic carbocycles. The van der Waals surface area contributed by atoms with Crippen LogP contribution in [0.4, 0.5) is 0 Å². The van der Waals surface area contributed by atoms with Gasteiger partial charge in [0.15, 0.2) is 5.54 Å². The average Bonchev–Trinajstić information content (AvgIpc) is 3.04. The molecule has 0 bridgehead atoms. The fraction of sp³-hybridized carbons (Fsp3) is 0.529. The van der Waals surface area contributed by atoms with Crippen LogP contribution >= 0.6 is 0 Å². The van der Waals surface area contributed by atoms with E-state index in [1.54, 1.807) is 4.90 Å². The second kappa shape index (κ2) is 8.98. The maximum atomic E-state index is 12.9. The Labute approximate surface area is 157 Å². The molecule has 0 saturated carbocycles. The Bertz CT molecular complexity index is 738. The molecule has 1 heterocycles. The second-order valence-electron chi connectivity index (χ2n) is 7.13. The van der Waals surface area contributed by atoms with Crippen LogP contribution in [0.2, 0.25) is 0 Å². The molecule has 1 saturated heterocycles. The molecule has 1 aromatic carbocycles. The molecule has 0 unspecified atom stereocenters. The lowest BCUT2D eigenvalue weighted by Crippen LogP contribution is -2.64. The quantitative estimate of drug-likeness (QED) is 0.207. The zero-order valence-electron chi connectivity index (χ0n) is 15.6. The number of likely N-dealkylation sites (tertiary alicyclic amines) is 1. The van der Waals surface area contributed by atoms with Gasteiger partial charge in [0.2, 0.25) is 5.91 Å². The number of amides is 1. The third-order valence-electron chi connectivity index (χ3n) is 4.37. The Morgan fingerprint density at radius 1 is 1.37 bits per heavy atom. The molecule has 2 N–H and O–H groups in total. The second-order valence-corrected chi connectivity index (χ2v) is 7.13. The molecule has 1 aliphatic rings. The number of benzene rings is 1. The minimum atomic E-state index is -1.65. The molecule has 0 spiro atoms. The first-order valence-electron chi connectivity index (χ1n) is 8.25. The van der Waals surface area contributed by atoms with E-state index in [-0.39, 0.29) is 19.6 Å². The van der Waals surface area contributed by atoms with Crippen LogP contribution in [-0.4, -0.2) is 40.4 Å². The minimum Gasteiger partial charge on any atom is -0.459 e. The molecule has 27 heavy (non-hydrogen) atoms. The number of carbonyl (C=O) groups is 2. The zero-order valence-corrected chi connectivity index (χ0v) is 15.6. The van der Waals surface area contributed by atoms with Gasteiger partial charge in [-0.05, 0) is 38.3 Å². The van der Waals surface area contributed by atoms with E-state index in [9.17, 15) is 9.59 Å². The van der Waals surface area contributed by atoms with Crippen molar-refractivity contribution >= 4 is 11.9 Å². The molecular weight excluding hydrogens is 350 g/mol. The number of azide groups is 1. The molecule has 1 aliphatic heterocycles. The number of hydrogen-bond donors (Lipinski definition) is 1. The summed E-state index contributed by atoms with van der Waals surface area (Å²) >= 11 is 0. The number of carbonyl (C=O) groups excluding carboxylic acids is 2. The number of ether oxygens (including phenoxy) is 1. The highest BCUT2D eigenvalue weighted by Gasteiger charge is 2.59. The summed E-state index contributed by atoms with van der Waals surface area (Å²) in [6.45, 7) is 5.91. The van der Waals surface area contributed by atoms with Crippen molar-refractivity contribution in [3.05, 3.63) is 46.3 Å². The first-order chi connectivity index (χ1) is 12.7. The Hall–Kier alpha value is -3.15. The monoisotopic (exact) mass is 373 g/mol. The van der Waals surface area contributed by atoms with Gasteiger partial charge in [0.05, 0.1) is 6.04 Å². The molecule has 10 nitrogen and oxygen atoms in total. The van der Waals surface area contributed by atoms with E-state index in [0.717, 1.165) is 5.56 Å². The summed E-state index contributed by atoms with van der Waals surface area (Å²) in [7, 11) is 0. The van der Waals surface area contributed by atoms with E-state index >= 15 is 0 Å². The van der Waals surface area contributed by atoms with Crippen molar-refractivity contribution in [3.8, 4) is 0 Å². The predicted molar refractivity (Wildman–Crippen MR) is 95.6 cm³/mol. The Morgan fingerprint density at radius 3 is 2.44 bits per heavy atom. The number of nitrogens with zero attached hydrogens (tertiary/aromatic N) is 6. The van der Waals surface area contributed by atoms with Gasteiger partial charge in [-0.2, -0.15) is 0 Å². The number of primary amides is 1. The molecule has 2 atom stereocenters. The van der Waals surface area contributed by atoms with Gasteiger partial charge in [-0.1, -0.05) is 35.4 Å². The lowest BCUT2D eigenvalue weighted by molar-refractivity contribution is -0.165. The Kier molecular flexibility index (Phi) is 7.28. The molecule has 1 aromatic rings. The maximum absolute atomic E-state index is 12.9. The normalized spacial score (nSPS) is 22.0. The van der Waals surface area contributed by atoms with Crippen LogP contribution in [0.5, 0.6) is 0 Å². The third-order valence-corrected chi connectivity index (χ3v) is 4.37. The highest BCUT2D eigenvalue weighted by atomic mass is 16.5. The van der Waals surface area contributed by atoms with Crippen LogP contribution in [0.25, 0.3) is 10.4 Å². The van der Waals surface area contributed by atoms with E-state index < -0.39 is 29.0 Å². The third kappa shape index (κ3) is 4.73. The van der Waals surface area contributed by atoms with Gasteiger partial charge < -0.3 is 10.5 Å². The smallest absolute Gasteiger partial charge is 0.336 e. The molecule has 1 fully saturated rings. The average molecular weight is 373 g/mol. The number of esters is 1. The van der Waals surface area contributed by atoms with Crippen molar-refractivity contribution in [2.45, 2.75) is 50.9 Å². The Morgan fingerprint density at radius 2 is 1.96 bits per heavy atom. The van der Waals surface area contributed by atoms with E-state index in [0.29, 0.717) is 0 Å². The SMILES string of the molecule is CC(C)(C)N1C[C@H](N=[N+]=[N-])C[C@]1(C(N)=O)C(=O)OCc1ccccc1.N#N. The zero-order chi connectivity index (χ0) is 20.7.